The van der Waals surface area contributed by atoms with Crippen molar-refractivity contribution in [2.75, 3.05) is 38.2 Å². The average molecular weight is 413 g/mol. The predicted molar refractivity (Wildman–Crippen MR) is 111 cm³/mol. The molecule has 0 saturated carbocycles. The third-order valence-electron chi connectivity index (χ3n) is 5.07. The molecule has 2 heterocycles. The smallest absolute Gasteiger partial charge is 0.243 e. The minimum Gasteiger partial charge on any atom is -0.497 e. The Kier molecular flexibility index (Phi) is 5.29. The molecule has 8 heteroatoms. The second kappa shape index (κ2) is 7.88. The number of piperazine rings is 1. The first-order chi connectivity index (χ1) is 14.0. The lowest BCUT2D eigenvalue weighted by Gasteiger charge is -2.35. The number of methoxy groups -OCH3 is 1. The maximum absolute atomic E-state index is 13.0. The highest BCUT2D eigenvalue weighted by Gasteiger charge is 2.28. The Morgan fingerprint density at radius 3 is 2.17 bits per heavy atom. The lowest BCUT2D eigenvalue weighted by atomic mass is 10.2. The van der Waals surface area contributed by atoms with Gasteiger partial charge in [-0.2, -0.15) is 4.31 Å². The molecule has 2 aromatic carbocycles. The van der Waals surface area contributed by atoms with E-state index in [4.69, 9.17) is 9.15 Å². The molecule has 152 valence electrons. The summed E-state index contributed by atoms with van der Waals surface area (Å²) in [4.78, 5) is 6.54. The molecule has 3 aromatic rings. The van der Waals surface area contributed by atoms with E-state index in [1.807, 2.05) is 24.3 Å². The van der Waals surface area contributed by atoms with E-state index in [1.54, 1.807) is 48.8 Å². The minimum atomic E-state index is -3.53. The highest BCUT2D eigenvalue weighted by atomic mass is 32.2. The number of oxazole rings is 1. The number of ether oxygens (including phenoxy) is 1. The van der Waals surface area contributed by atoms with Crippen LogP contribution in [0.1, 0.15) is 5.89 Å². The lowest BCUT2D eigenvalue weighted by molar-refractivity contribution is 0.384. The van der Waals surface area contributed by atoms with Gasteiger partial charge in [-0.3, -0.25) is 0 Å². The molecule has 0 aliphatic carbocycles. The first-order valence-electron chi connectivity index (χ1n) is 9.39. The van der Waals surface area contributed by atoms with Gasteiger partial charge in [0, 0.05) is 44.4 Å². The van der Waals surface area contributed by atoms with Crippen LogP contribution < -0.4 is 9.64 Å². The van der Waals surface area contributed by atoms with Crippen molar-refractivity contribution >= 4 is 15.7 Å². The van der Waals surface area contributed by atoms with Crippen molar-refractivity contribution in [3.63, 3.8) is 0 Å². The Morgan fingerprint density at radius 1 is 0.966 bits per heavy atom. The van der Waals surface area contributed by atoms with Crippen LogP contribution in [-0.2, 0) is 10.0 Å². The number of aromatic nitrogens is 1. The van der Waals surface area contributed by atoms with E-state index in [-0.39, 0.29) is 4.90 Å². The van der Waals surface area contributed by atoms with E-state index in [0.29, 0.717) is 37.8 Å². The van der Waals surface area contributed by atoms with Crippen LogP contribution in [0.15, 0.2) is 64.0 Å². The standard InChI is InChI=1S/C21H23N3O4S/c1-16-22-15-21(28-16)17-3-9-20(10-4-17)29(25,26)24-13-11-23(12-14-24)18-5-7-19(27-2)8-6-18/h3-10,15H,11-14H2,1-2H3. The van der Waals surface area contributed by atoms with Crippen LogP contribution in [0.25, 0.3) is 11.3 Å². The van der Waals surface area contributed by atoms with Crippen LogP contribution in [-0.4, -0.2) is 51.0 Å². The second-order valence-electron chi connectivity index (χ2n) is 6.86. The van der Waals surface area contributed by atoms with E-state index in [2.05, 4.69) is 9.88 Å². The van der Waals surface area contributed by atoms with Crippen molar-refractivity contribution in [2.24, 2.45) is 0 Å². The Morgan fingerprint density at radius 2 is 1.62 bits per heavy atom. The molecule has 7 nitrogen and oxygen atoms in total. The lowest BCUT2D eigenvalue weighted by Crippen LogP contribution is -2.48. The van der Waals surface area contributed by atoms with Crippen LogP contribution >= 0.6 is 0 Å². The van der Waals surface area contributed by atoms with E-state index in [1.165, 1.54) is 0 Å². The quantitative estimate of drug-likeness (QED) is 0.640. The molecule has 0 N–H and O–H groups in total. The third kappa shape index (κ3) is 3.99. The molecule has 0 atom stereocenters. The molecular weight excluding hydrogens is 390 g/mol. The van der Waals surface area contributed by atoms with Crippen LogP contribution in [0, 0.1) is 6.92 Å². The zero-order valence-electron chi connectivity index (χ0n) is 16.4. The molecule has 0 bridgehead atoms. The topological polar surface area (TPSA) is 75.9 Å². The van der Waals surface area contributed by atoms with E-state index in [9.17, 15) is 8.42 Å². The maximum atomic E-state index is 13.0. The van der Waals surface area contributed by atoms with Gasteiger partial charge in [0.2, 0.25) is 10.0 Å². The number of hydrogen-bond donors (Lipinski definition) is 0. The number of anilines is 1. The van der Waals surface area contributed by atoms with Crippen molar-refractivity contribution < 1.29 is 17.6 Å². The zero-order valence-corrected chi connectivity index (χ0v) is 17.2. The molecule has 0 unspecified atom stereocenters. The maximum Gasteiger partial charge on any atom is 0.243 e. The van der Waals surface area contributed by atoms with Gasteiger partial charge in [-0.05, 0) is 48.5 Å². The summed E-state index contributed by atoms with van der Waals surface area (Å²) in [6, 6.07) is 14.6. The number of aryl methyl sites for hydroxylation is 1. The Bertz CT molecular complexity index is 1070. The first kappa shape index (κ1) is 19.5. The van der Waals surface area contributed by atoms with Crippen molar-refractivity contribution in [2.45, 2.75) is 11.8 Å². The number of hydrogen-bond acceptors (Lipinski definition) is 6. The first-order valence-corrected chi connectivity index (χ1v) is 10.8. The summed E-state index contributed by atoms with van der Waals surface area (Å²) in [5.74, 6) is 2.00. The molecule has 0 radical (unpaired) electrons. The number of nitrogens with zero attached hydrogens (tertiary/aromatic N) is 3. The van der Waals surface area contributed by atoms with Gasteiger partial charge in [-0.25, -0.2) is 13.4 Å². The van der Waals surface area contributed by atoms with Gasteiger partial charge in [0.25, 0.3) is 0 Å². The molecule has 1 aromatic heterocycles. The van der Waals surface area contributed by atoms with Gasteiger partial charge in [-0.15, -0.1) is 0 Å². The summed E-state index contributed by atoms with van der Waals surface area (Å²) in [7, 11) is -1.90. The van der Waals surface area contributed by atoms with Gasteiger partial charge in [-0.1, -0.05) is 0 Å². The highest BCUT2D eigenvalue weighted by Crippen LogP contribution is 2.25. The molecule has 0 amide bonds. The molecule has 1 saturated heterocycles. The summed E-state index contributed by atoms with van der Waals surface area (Å²) in [6.45, 7) is 3.94. The summed E-state index contributed by atoms with van der Waals surface area (Å²) < 4.78 is 38.3. The Balaban J connectivity index is 1.44. The monoisotopic (exact) mass is 413 g/mol. The molecule has 29 heavy (non-hydrogen) atoms. The largest absolute Gasteiger partial charge is 0.497 e. The van der Waals surface area contributed by atoms with Crippen molar-refractivity contribution in [3.8, 4) is 17.1 Å². The van der Waals surface area contributed by atoms with Gasteiger partial charge in [0.15, 0.2) is 11.7 Å². The SMILES string of the molecule is COc1ccc(N2CCN(S(=O)(=O)c3ccc(-c4cnc(C)o4)cc3)CC2)cc1. The van der Waals surface area contributed by atoms with Crippen LogP contribution in [0.5, 0.6) is 5.75 Å². The van der Waals surface area contributed by atoms with Crippen LogP contribution in [0.4, 0.5) is 5.69 Å². The fraction of sp³-hybridized carbons (Fsp3) is 0.286. The summed E-state index contributed by atoms with van der Waals surface area (Å²) >= 11 is 0. The van der Waals surface area contributed by atoms with E-state index < -0.39 is 10.0 Å². The number of sulfonamides is 1. The predicted octanol–water partition coefficient (Wildman–Crippen LogP) is 3.17. The third-order valence-corrected chi connectivity index (χ3v) is 6.99. The second-order valence-corrected chi connectivity index (χ2v) is 8.80. The zero-order chi connectivity index (χ0) is 20.4. The van der Waals surface area contributed by atoms with Crippen molar-refractivity contribution in [1.29, 1.82) is 0 Å². The van der Waals surface area contributed by atoms with Gasteiger partial charge < -0.3 is 14.1 Å². The fourth-order valence-electron chi connectivity index (χ4n) is 3.41. The molecular formula is C21H23N3O4S. The molecule has 0 spiro atoms. The summed E-state index contributed by atoms with van der Waals surface area (Å²) in [6.07, 6.45) is 1.64. The van der Waals surface area contributed by atoms with Crippen molar-refractivity contribution in [1.82, 2.24) is 9.29 Å². The highest BCUT2D eigenvalue weighted by molar-refractivity contribution is 7.89. The van der Waals surface area contributed by atoms with E-state index in [0.717, 1.165) is 17.0 Å². The normalized spacial score (nSPS) is 15.4. The molecule has 1 aliphatic heterocycles. The van der Waals surface area contributed by atoms with Crippen molar-refractivity contribution in [3.05, 3.63) is 60.6 Å². The Labute approximate surface area is 170 Å². The number of rotatable bonds is 5. The molecule has 1 fully saturated rings. The fourth-order valence-corrected chi connectivity index (χ4v) is 4.84. The summed E-state index contributed by atoms with van der Waals surface area (Å²) in [5.41, 5.74) is 1.86. The average Bonchev–Trinajstić information content (AvgIpc) is 3.20. The van der Waals surface area contributed by atoms with Crippen LogP contribution in [0.2, 0.25) is 0 Å². The van der Waals surface area contributed by atoms with Crippen LogP contribution in [0.3, 0.4) is 0 Å². The molecule has 1 aliphatic rings. The molecule has 4 rings (SSSR count). The van der Waals surface area contributed by atoms with Gasteiger partial charge in [0.1, 0.15) is 5.75 Å². The van der Waals surface area contributed by atoms with E-state index >= 15 is 0 Å². The Hall–Kier alpha value is -2.84. The minimum absolute atomic E-state index is 0.287. The van der Waals surface area contributed by atoms with Gasteiger partial charge >= 0.3 is 0 Å². The summed E-state index contributed by atoms with van der Waals surface area (Å²) in [5, 5.41) is 0. The van der Waals surface area contributed by atoms with Gasteiger partial charge in [0.05, 0.1) is 18.2 Å². The number of benzene rings is 2.